The first-order valence-corrected chi connectivity index (χ1v) is 11.5. The Balaban J connectivity index is 1.47. The lowest BCUT2D eigenvalue weighted by molar-refractivity contribution is 0.0699. The van der Waals surface area contributed by atoms with Crippen molar-refractivity contribution in [2.75, 3.05) is 27.3 Å². The number of nitrogens with zero attached hydrogens (tertiary/aromatic N) is 5. The van der Waals surface area contributed by atoms with Crippen LogP contribution in [0.5, 0.6) is 11.5 Å². The largest absolute Gasteiger partial charge is 0.493 e. The van der Waals surface area contributed by atoms with E-state index in [-0.39, 0.29) is 11.8 Å². The van der Waals surface area contributed by atoms with Crippen LogP contribution in [0.1, 0.15) is 41.0 Å². The van der Waals surface area contributed by atoms with Crippen LogP contribution in [-0.4, -0.2) is 58.0 Å². The van der Waals surface area contributed by atoms with E-state index in [2.05, 4.69) is 10.1 Å². The molecule has 1 amide bonds. The molecule has 1 saturated heterocycles. The lowest BCUT2D eigenvalue weighted by Gasteiger charge is -2.30. The lowest BCUT2D eigenvalue weighted by Crippen LogP contribution is -2.38. The van der Waals surface area contributed by atoms with Gasteiger partial charge in [-0.25, -0.2) is 4.68 Å². The third-order valence-corrected chi connectivity index (χ3v) is 6.31. The van der Waals surface area contributed by atoms with Gasteiger partial charge in [-0.2, -0.15) is 10.1 Å². The van der Waals surface area contributed by atoms with E-state index < -0.39 is 0 Å². The molecule has 1 fully saturated rings. The van der Waals surface area contributed by atoms with Crippen LogP contribution in [0.2, 0.25) is 0 Å². The minimum Gasteiger partial charge on any atom is -0.493 e. The molecule has 2 aromatic carbocycles. The molecule has 9 nitrogen and oxygen atoms in total. The highest BCUT2D eigenvalue weighted by Crippen LogP contribution is 2.35. The topological polar surface area (TPSA) is 95.5 Å². The number of carbonyl (C=O) groups is 1. The summed E-state index contributed by atoms with van der Waals surface area (Å²) in [4.78, 5) is 19.9. The summed E-state index contributed by atoms with van der Waals surface area (Å²) < 4.78 is 18.0. The molecule has 5 rings (SSSR count). The Morgan fingerprint density at radius 1 is 1.03 bits per heavy atom. The van der Waals surface area contributed by atoms with Crippen molar-refractivity contribution in [3.8, 4) is 28.3 Å². The maximum absolute atomic E-state index is 13.7. The van der Waals surface area contributed by atoms with E-state index in [4.69, 9.17) is 19.1 Å². The van der Waals surface area contributed by atoms with Crippen LogP contribution in [0.3, 0.4) is 0 Å². The van der Waals surface area contributed by atoms with Crippen molar-refractivity contribution < 1.29 is 18.8 Å². The quantitative estimate of drug-likeness (QED) is 0.413. The molecule has 35 heavy (non-hydrogen) atoms. The summed E-state index contributed by atoms with van der Waals surface area (Å²) in [6.07, 6.45) is 3.41. The van der Waals surface area contributed by atoms with Crippen molar-refractivity contribution in [2.24, 2.45) is 0 Å². The fourth-order valence-electron chi connectivity index (χ4n) is 4.42. The van der Waals surface area contributed by atoms with Crippen LogP contribution >= 0.6 is 0 Å². The third kappa shape index (κ3) is 4.49. The van der Waals surface area contributed by atoms with Gasteiger partial charge in [0.05, 0.1) is 19.9 Å². The Morgan fingerprint density at radius 2 is 1.77 bits per heavy atom. The Bertz CT molecular complexity index is 1320. The second-order valence-corrected chi connectivity index (χ2v) is 8.49. The summed E-state index contributed by atoms with van der Waals surface area (Å²) in [5.74, 6) is 2.54. The standard InChI is InChI=1S/C26H27N5O4/c1-17-27-25(35-29-17)18-11-13-30(14-12-18)26(32)24-21(16-31(28-24)20-7-5-4-6-8-20)19-9-10-22(33-2)23(15-19)34-3/h4-10,15-16,18H,11-14H2,1-3H3. The summed E-state index contributed by atoms with van der Waals surface area (Å²) in [6, 6.07) is 15.4. The number of carbonyl (C=O) groups excluding carboxylic acids is 1. The van der Waals surface area contributed by atoms with Crippen molar-refractivity contribution >= 4 is 5.91 Å². The maximum Gasteiger partial charge on any atom is 0.275 e. The molecule has 0 saturated carbocycles. The number of para-hydroxylation sites is 1. The van der Waals surface area contributed by atoms with Crippen LogP contribution in [0.15, 0.2) is 59.3 Å². The van der Waals surface area contributed by atoms with E-state index in [1.807, 2.05) is 66.6 Å². The van der Waals surface area contributed by atoms with E-state index in [1.165, 1.54) is 0 Å². The van der Waals surface area contributed by atoms with Gasteiger partial charge in [0.25, 0.3) is 5.91 Å². The molecule has 1 aliphatic heterocycles. The first kappa shape index (κ1) is 22.6. The molecule has 0 N–H and O–H groups in total. The van der Waals surface area contributed by atoms with Crippen molar-refractivity contribution in [2.45, 2.75) is 25.7 Å². The van der Waals surface area contributed by atoms with Crippen LogP contribution in [0, 0.1) is 6.92 Å². The zero-order valence-electron chi connectivity index (χ0n) is 20.0. The van der Waals surface area contributed by atoms with Crippen molar-refractivity contribution in [3.05, 3.63) is 72.1 Å². The van der Waals surface area contributed by atoms with Gasteiger partial charge in [-0.15, -0.1) is 0 Å². The van der Waals surface area contributed by atoms with Gasteiger partial charge in [0.1, 0.15) is 0 Å². The van der Waals surface area contributed by atoms with E-state index in [9.17, 15) is 4.79 Å². The van der Waals surface area contributed by atoms with Gasteiger partial charge in [-0.3, -0.25) is 4.79 Å². The van der Waals surface area contributed by atoms with Gasteiger partial charge in [-0.1, -0.05) is 29.4 Å². The maximum atomic E-state index is 13.7. The molecule has 0 radical (unpaired) electrons. The smallest absolute Gasteiger partial charge is 0.275 e. The van der Waals surface area contributed by atoms with Gasteiger partial charge in [0, 0.05) is 30.8 Å². The van der Waals surface area contributed by atoms with E-state index in [1.54, 1.807) is 18.9 Å². The van der Waals surface area contributed by atoms with Crippen LogP contribution in [0.4, 0.5) is 0 Å². The van der Waals surface area contributed by atoms with E-state index in [0.717, 1.165) is 29.7 Å². The highest BCUT2D eigenvalue weighted by atomic mass is 16.5. The Labute approximate surface area is 203 Å². The summed E-state index contributed by atoms with van der Waals surface area (Å²) in [5, 5.41) is 8.62. The lowest BCUT2D eigenvalue weighted by atomic mass is 9.96. The molecule has 0 spiro atoms. The first-order valence-electron chi connectivity index (χ1n) is 11.5. The molecule has 0 unspecified atom stereocenters. The normalized spacial score (nSPS) is 14.2. The van der Waals surface area contributed by atoms with Gasteiger partial charge >= 0.3 is 0 Å². The minimum absolute atomic E-state index is 0.107. The predicted molar refractivity (Wildman–Crippen MR) is 129 cm³/mol. The molecule has 180 valence electrons. The molecule has 1 aliphatic rings. The molecular formula is C26H27N5O4. The highest BCUT2D eigenvalue weighted by molar-refractivity contribution is 5.99. The van der Waals surface area contributed by atoms with Gasteiger partial charge in [0.15, 0.2) is 23.0 Å². The second kappa shape index (κ2) is 9.61. The number of methoxy groups -OCH3 is 2. The number of benzene rings is 2. The fraction of sp³-hybridized carbons (Fsp3) is 0.308. The molecule has 3 heterocycles. The molecule has 9 heteroatoms. The zero-order valence-corrected chi connectivity index (χ0v) is 20.0. The highest BCUT2D eigenvalue weighted by Gasteiger charge is 2.30. The van der Waals surface area contributed by atoms with Gasteiger partial charge < -0.3 is 18.9 Å². The molecule has 0 atom stereocenters. The average molecular weight is 474 g/mol. The number of ether oxygens (including phenoxy) is 2. The van der Waals surface area contributed by atoms with Crippen molar-refractivity contribution in [3.63, 3.8) is 0 Å². The summed E-state index contributed by atoms with van der Waals surface area (Å²) >= 11 is 0. The third-order valence-electron chi connectivity index (χ3n) is 6.31. The Kier molecular flexibility index (Phi) is 6.22. The van der Waals surface area contributed by atoms with E-state index in [0.29, 0.717) is 42.0 Å². The summed E-state index contributed by atoms with van der Waals surface area (Å²) in [5.41, 5.74) is 2.82. The molecular weight excluding hydrogens is 446 g/mol. The molecule has 2 aromatic heterocycles. The molecule has 0 aliphatic carbocycles. The number of aryl methyl sites for hydroxylation is 1. The minimum atomic E-state index is -0.107. The number of aromatic nitrogens is 4. The van der Waals surface area contributed by atoms with Crippen LogP contribution in [-0.2, 0) is 0 Å². The number of hydrogen-bond acceptors (Lipinski definition) is 7. The monoisotopic (exact) mass is 473 g/mol. The predicted octanol–water partition coefficient (Wildman–Crippen LogP) is 4.27. The van der Waals surface area contributed by atoms with Crippen molar-refractivity contribution in [1.82, 2.24) is 24.8 Å². The number of piperidine rings is 1. The summed E-state index contributed by atoms with van der Waals surface area (Å²) in [7, 11) is 3.19. The summed E-state index contributed by atoms with van der Waals surface area (Å²) in [6.45, 7) is 2.99. The fourth-order valence-corrected chi connectivity index (χ4v) is 4.42. The van der Waals surface area contributed by atoms with Crippen molar-refractivity contribution in [1.29, 1.82) is 0 Å². The first-order chi connectivity index (χ1) is 17.1. The van der Waals surface area contributed by atoms with E-state index >= 15 is 0 Å². The average Bonchev–Trinajstić information content (AvgIpc) is 3.55. The molecule has 0 bridgehead atoms. The van der Waals surface area contributed by atoms with Gasteiger partial charge in [-0.05, 0) is 49.6 Å². The Hall–Kier alpha value is -4.14. The number of hydrogen-bond donors (Lipinski definition) is 0. The van der Waals surface area contributed by atoms with Crippen LogP contribution < -0.4 is 9.47 Å². The zero-order chi connectivity index (χ0) is 24.4. The number of likely N-dealkylation sites (tertiary alicyclic amines) is 1. The SMILES string of the molecule is COc1ccc(-c2cn(-c3ccccc3)nc2C(=O)N2CCC(c3nc(C)no3)CC2)cc1OC. The number of amides is 1. The Morgan fingerprint density at radius 3 is 2.43 bits per heavy atom. The van der Waals surface area contributed by atoms with Gasteiger partial charge in [0.2, 0.25) is 5.89 Å². The molecule has 4 aromatic rings. The van der Waals surface area contributed by atoms with Crippen LogP contribution in [0.25, 0.3) is 16.8 Å². The second-order valence-electron chi connectivity index (χ2n) is 8.49. The number of rotatable bonds is 6.